The zero-order chi connectivity index (χ0) is 26.9. The molecule has 2 aromatic rings. The molecule has 0 aliphatic carbocycles. The third-order valence-corrected chi connectivity index (χ3v) is 8.20. The summed E-state index contributed by atoms with van der Waals surface area (Å²) >= 11 is 6.74. The number of benzene rings is 1. The van der Waals surface area contributed by atoms with Crippen molar-refractivity contribution >= 4 is 51.8 Å². The molecule has 37 heavy (non-hydrogen) atoms. The fourth-order valence-corrected chi connectivity index (χ4v) is 5.96. The van der Waals surface area contributed by atoms with E-state index in [1.165, 1.54) is 22.4 Å². The van der Waals surface area contributed by atoms with Crippen molar-refractivity contribution in [2.24, 2.45) is 13.0 Å². The summed E-state index contributed by atoms with van der Waals surface area (Å²) in [5.41, 5.74) is 1.41. The molecule has 2 aliphatic heterocycles. The number of halogens is 1. The largest absolute Gasteiger partial charge is 0.366 e. The molecule has 0 spiro atoms. The molecule has 0 atom stereocenters. The van der Waals surface area contributed by atoms with Crippen molar-refractivity contribution in [3.63, 3.8) is 0 Å². The standard InChI is InChI=1S/C27H30FN5O2S2/c1-17(2)9-10-33-26(35)23(37-27(33)36)15-19-18(3)20(16-29)25(34)30(4)24(19)32-13-11-31(12-14-32)22-8-6-5-7-21(22)28/h5-8,15,17H,9-14H2,1-4H3. The molecule has 1 amide bonds. The van der Waals surface area contributed by atoms with E-state index in [1.807, 2.05) is 17.0 Å². The predicted molar refractivity (Wildman–Crippen MR) is 151 cm³/mol. The molecule has 3 heterocycles. The summed E-state index contributed by atoms with van der Waals surface area (Å²) in [6.45, 7) is 8.71. The van der Waals surface area contributed by atoms with Gasteiger partial charge >= 0.3 is 0 Å². The lowest BCUT2D eigenvalue weighted by Gasteiger charge is -2.38. The number of piperazine rings is 1. The van der Waals surface area contributed by atoms with Crippen molar-refractivity contribution < 1.29 is 9.18 Å². The van der Waals surface area contributed by atoms with Crippen molar-refractivity contribution in [1.29, 1.82) is 5.26 Å². The fourth-order valence-electron chi connectivity index (χ4n) is 4.67. The number of anilines is 2. The lowest BCUT2D eigenvalue weighted by atomic mass is 10.0. The van der Waals surface area contributed by atoms with Gasteiger partial charge in [0.25, 0.3) is 11.5 Å². The first-order valence-corrected chi connectivity index (χ1v) is 13.5. The zero-order valence-corrected chi connectivity index (χ0v) is 23.1. The number of para-hydroxylation sites is 1. The molecule has 0 unspecified atom stereocenters. The monoisotopic (exact) mass is 539 g/mol. The van der Waals surface area contributed by atoms with Gasteiger partial charge in [-0.1, -0.05) is 50.0 Å². The second-order valence-corrected chi connectivity index (χ2v) is 11.3. The van der Waals surface area contributed by atoms with Crippen LogP contribution in [-0.4, -0.2) is 52.4 Å². The van der Waals surface area contributed by atoms with Crippen molar-refractivity contribution in [2.45, 2.75) is 27.2 Å². The highest BCUT2D eigenvalue weighted by Gasteiger charge is 2.33. The first kappa shape index (κ1) is 26.9. The van der Waals surface area contributed by atoms with Gasteiger partial charge in [0.2, 0.25) is 0 Å². The van der Waals surface area contributed by atoms with Gasteiger partial charge in [0, 0.05) is 45.3 Å². The van der Waals surface area contributed by atoms with Gasteiger partial charge in [0.15, 0.2) is 0 Å². The number of carbonyl (C=O) groups is 1. The summed E-state index contributed by atoms with van der Waals surface area (Å²) in [6.07, 6.45) is 2.61. The molecule has 194 valence electrons. The maximum atomic E-state index is 14.4. The molecular weight excluding hydrogens is 509 g/mol. The predicted octanol–water partition coefficient (Wildman–Crippen LogP) is 4.28. The molecule has 0 saturated carbocycles. The lowest BCUT2D eigenvalue weighted by Crippen LogP contribution is -2.48. The molecule has 2 aliphatic rings. The van der Waals surface area contributed by atoms with Gasteiger partial charge in [-0.15, -0.1) is 0 Å². The minimum Gasteiger partial charge on any atom is -0.366 e. The first-order valence-electron chi connectivity index (χ1n) is 12.3. The SMILES string of the molecule is Cc1c(C=C2SC(=S)N(CCC(C)C)C2=O)c(N2CCN(c3ccccc3F)CC2)n(C)c(=O)c1C#N. The van der Waals surface area contributed by atoms with E-state index in [9.17, 15) is 19.2 Å². The number of hydrogen-bond donors (Lipinski definition) is 0. The number of nitriles is 1. The van der Waals surface area contributed by atoms with E-state index < -0.39 is 0 Å². The quantitative estimate of drug-likeness (QED) is 0.401. The Morgan fingerprint density at radius 1 is 1.16 bits per heavy atom. The van der Waals surface area contributed by atoms with Crippen molar-refractivity contribution in [3.8, 4) is 6.07 Å². The Morgan fingerprint density at radius 3 is 2.43 bits per heavy atom. The lowest BCUT2D eigenvalue weighted by molar-refractivity contribution is -0.122. The summed E-state index contributed by atoms with van der Waals surface area (Å²) in [7, 11) is 1.65. The number of amides is 1. The molecular formula is C27H30FN5O2S2. The van der Waals surface area contributed by atoms with Crippen LogP contribution in [0.2, 0.25) is 0 Å². The number of carbonyl (C=O) groups excluding carboxylic acids is 1. The van der Waals surface area contributed by atoms with Gasteiger partial charge in [0.05, 0.1) is 10.6 Å². The van der Waals surface area contributed by atoms with Crippen LogP contribution in [0.4, 0.5) is 15.9 Å². The summed E-state index contributed by atoms with van der Waals surface area (Å²) < 4.78 is 16.3. The summed E-state index contributed by atoms with van der Waals surface area (Å²) in [5, 5.41) is 9.71. The van der Waals surface area contributed by atoms with Crippen molar-refractivity contribution in [2.75, 3.05) is 42.5 Å². The molecule has 2 fully saturated rings. The van der Waals surface area contributed by atoms with E-state index in [0.717, 1.165) is 6.42 Å². The third kappa shape index (κ3) is 5.29. The summed E-state index contributed by atoms with van der Waals surface area (Å²) in [5.74, 6) is 0.657. The van der Waals surface area contributed by atoms with Crippen LogP contribution in [-0.2, 0) is 11.8 Å². The molecule has 7 nitrogen and oxygen atoms in total. The van der Waals surface area contributed by atoms with E-state index in [2.05, 4.69) is 18.7 Å². The minimum absolute atomic E-state index is 0.0535. The minimum atomic E-state index is -0.381. The molecule has 0 radical (unpaired) electrons. The van der Waals surface area contributed by atoms with E-state index >= 15 is 0 Å². The van der Waals surface area contributed by atoms with Gasteiger partial charge < -0.3 is 9.80 Å². The Bertz CT molecular complexity index is 1370. The topological polar surface area (TPSA) is 72.6 Å². The average molecular weight is 540 g/mol. The van der Waals surface area contributed by atoms with Gasteiger partial charge in [-0.05, 0) is 43.0 Å². The normalized spacial score (nSPS) is 17.3. The van der Waals surface area contributed by atoms with Crippen LogP contribution in [0.3, 0.4) is 0 Å². The first-order chi connectivity index (χ1) is 17.6. The van der Waals surface area contributed by atoms with Crippen LogP contribution in [0.15, 0.2) is 34.0 Å². The number of nitrogens with zero attached hydrogens (tertiary/aromatic N) is 5. The number of rotatable bonds is 6. The molecule has 4 rings (SSSR count). The Balaban J connectivity index is 1.71. The van der Waals surface area contributed by atoms with Crippen LogP contribution in [0.25, 0.3) is 6.08 Å². The number of pyridine rings is 1. The van der Waals surface area contributed by atoms with Crippen LogP contribution in [0, 0.1) is 30.0 Å². The average Bonchev–Trinajstić information content (AvgIpc) is 3.14. The summed E-state index contributed by atoms with van der Waals surface area (Å²) in [4.78, 5) is 32.4. The Kier molecular flexibility index (Phi) is 8.05. The van der Waals surface area contributed by atoms with Crippen LogP contribution < -0.4 is 15.4 Å². The van der Waals surface area contributed by atoms with Crippen LogP contribution in [0.1, 0.15) is 37.0 Å². The van der Waals surface area contributed by atoms with Crippen LogP contribution >= 0.6 is 24.0 Å². The Morgan fingerprint density at radius 2 is 1.81 bits per heavy atom. The highest BCUT2D eigenvalue weighted by atomic mass is 32.2. The zero-order valence-electron chi connectivity index (χ0n) is 21.5. The molecule has 0 N–H and O–H groups in total. The van der Waals surface area contributed by atoms with E-state index in [0.29, 0.717) is 70.5 Å². The van der Waals surface area contributed by atoms with Gasteiger partial charge in [-0.25, -0.2) is 4.39 Å². The third-order valence-electron chi connectivity index (χ3n) is 6.82. The van der Waals surface area contributed by atoms with Crippen molar-refractivity contribution in [1.82, 2.24) is 9.47 Å². The Labute approximate surface area is 226 Å². The molecule has 1 aromatic carbocycles. The van der Waals surface area contributed by atoms with Gasteiger partial charge in [-0.3, -0.25) is 19.1 Å². The molecule has 1 aromatic heterocycles. The number of thioether (sulfide) groups is 1. The molecule has 10 heteroatoms. The summed E-state index contributed by atoms with van der Waals surface area (Å²) in [6, 6.07) is 8.73. The van der Waals surface area contributed by atoms with E-state index in [4.69, 9.17) is 12.2 Å². The second-order valence-electron chi connectivity index (χ2n) is 9.65. The highest BCUT2D eigenvalue weighted by molar-refractivity contribution is 8.26. The smallest absolute Gasteiger partial charge is 0.270 e. The van der Waals surface area contributed by atoms with E-state index in [-0.39, 0.29) is 22.8 Å². The maximum absolute atomic E-state index is 14.4. The fraction of sp³-hybridized carbons (Fsp3) is 0.407. The van der Waals surface area contributed by atoms with Crippen molar-refractivity contribution in [3.05, 3.63) is 62.0 Å². The Hall–Kier alpha value is -3.16. The number of hydrogen-bond acceptors (Lipinski definition) is 7. The number of thiocarbonyl (C=S) groups is 1. The molecule has 0 bridgehead atoms. The van der Waals surface area contributed by atoms with Gasteiger partial charge in [-0.2, -0.15) is 5.26 Å². The second kappa shape index (κ2) is 11.1. The molecule has 2 saturated heterocycles. The van der Waals surface area contributed by atoms with E-state index in [1.54, 1.807) is 37.1 Å². The van der Waals surface area contributed by atoms with Gasteiger partial charge in [0.1, 0.15) is 27.6 Å². The maximum Gasteiger partial charge on any atom is 0.270 e. The highest BCUT2D eigenvalue weighted by Crippen LogP contribution is 2.36. The van der Waals surface area contributed by atoms with Crippen LogP contribution in [0.5, 0.6) is 0 Å². The number of aromatic nitrogens is 1.